The molecule has 0 aliphatic rings. The van der Waals surface area contributed by atoms with Crippen molar-refractivity contribution in [2.75, 3.05) is 48.3 Å². The molecule has 0 rings (SSSR count). The highest BCUT2D eigenvalue weighted by Crippen LogP contribution is 1.87. The molecule has 0 aromatic carbocycles. The number of rotatable bonds is 5. The summed E-state index contributed by atoms with van der Waals surface area (Å²) >= 11 is 0. The van der Waals surface area contributed by atoms with Crippen LogP contribution in [0.3, 0.4) is 0 Å². The van der Waals surface area contributed by atoms with Gasteiger partial charge >= 0.3 is 0 Å². The van der Waals surface area contributed by atoms with Crippen LogP contribution in [0.15, 0.2) is 0 Å². The molecule has 0 atom stereocenters. The number of nitrogens with one attached hydrogen (secondary N) is 3. The Morgan fingerprint density at radius 3 is 1.17 bits per heavy atom. The van der Waals surface area contributed by atoms with Gasteiger partial charge in [0.05, 0.1) is 41.3 Å². The average molecular weight is 388 g/mol. The fraction of sp³-hybridized carbons (Fsp3) is 0.889. The normalized spacial score (nSPS) is 11.7. The number of halogens is 2. The largest absolute Gasteiger partial charge is 0.359 e. The fourth-order valence-electron chi connectivity index (χ4n) is 1.45. The second kappa shape index (κ2) is 13.0. The zero-order chi connectivity index (χ0) is 19.4. The molecule has 0 aliphatic carbocycles. The van der Waals surface area contributed by atoms with Crippen LogP contribution in [0.5, 0.6) is 0 Å². The van der Waals surface area contributed by atoms with Crippen molar-refractivity contribution in [3.05, 3.63) is 0 Å². The molecule has 0 radical (unpaired) electrons. The summed E-state index contributed by atoms with van der Waals surface area (Å²) in [6.07, 6.45) is 0. The third kappa shape index (κ3) is 44.9. The van der Waals surface area contributed by atoms with E-state index in [1.54, 1.807) is 7.05 Å². The predicted octanol–water partition coefficient (Wildman–Crippen LogP) is -12.9. The molecule has 0 aromatic rings. The van der Waals surface area contributed by atoms with Crippen molar-refractivity contribution in [2.24, 2.45) is 5.92 Å². The maximum Gasteiger partial charge on any atom is 0.234 e. The molecular weight excluding hydrogens is 365 g/mol. The number of hydrogen-bond acceptors (Lipinski definition) is 9. The number of carbonyl (C=O) groups excluding carboxylic acids is 1. The average Bonchev–Trinajstić information content (AvgIpc) is 2.21. The summed E-state index contributed by atoms with van der Waals surface area (Å²) in [4.78, 5) is 14.1. The number of amides is 1. The Morgan fingerprint density at radius 2 is 1.04 bits per heavy atom. The van der Waals surface area contributed by atoms with Gasteiger partial charge in [-0.15, -0.1) is 20.5 Å². The van der Waals surface area contributed by atoms with Crippen LogP contribution in [0.25, 0.3) is 0 Å². The Kier molecular flexibility index (Phi) is 15.5. The molecule has 23 heavy (non-hydrogen) atoms. The molecule has 0 spiro atoms. The van der Waals surface area contributed by atoms with Gasteiger partial charge in [-0.1, -0.05) is 0 Å². The van der Waals surface area contributed by atoms with E-state index in [4.69, 9.17) is 37.3 Å². The lowest BCUT2D eigenvalue weighted by Gasteiger charge is -2.18. The lowest BCUT2D eigenvalue weighted by molar-refractivity contribution is -2.00. The topological polar surface area (TPSA) is 222 Å². The minimum Gasteiger partial charge on any atom is -0.359 e. The number of quaternary nitrogens is 2. The quantitative estimate of drug-likeness (QED) is 0.406. The van der Waals surface area contributed by atoms with E-state index in [-0.39, 0.29) is 11.8 Å². The molecule has 0 saturated heterocycles. The molecule has 0 saturated carbocycles. The van der Waals surface area contributed by atoms with Crippen LogP contribution in [-0.2, 0) is 4.79 Å². The monoisotopic (exact) mass is 387 g/mol. The molecule has 142 valence electrons. The van der Waals surface area contributed by atoms with Crippen molar-refractivity contribution in [3.8, 4) is 0 Å². The molecule has 0 bridgehead atoms. The molecule has 14 heteroatoms. The van der Waals surface area contributed by atoms with Gasteiger partial charge in [0.25, 0.3) is 0 Å². The third-order valence-corrected chi connectivity index (χ3v) is 1.93. The van der Waals surface area contributed by atoms with Crippen molar-refractivity contribution in [3.63, 3.8) is 0 Å². The van der Waals surface area contributed by atoms with Crippen molar-refractivity contribution < 1.29 is 72.4 Å². The van der Waals surface area contributed by atoms with Crippen LogP contribution in [0.2, 0.25) is 0 Å². The summed E-state index contributed by atoms with van der Waals surface area (Å²) in [5.74, 6) is 0.280. The first kappa shape index (κ1) is 27.5. The van der Waals surface area contributed by atoms with Crippen molar-refractivity contribution >= 4 is 5.91 Å². The Balaban J connectivity index is -0.000000329. The zero-order valence-corrected chi connectivity index (χ0v) is 14.9. The van der Waals surface area contributed by atoms with Crippen LogP contribution in [0.1, 0.15) is 0 Å². The molecule has 0 aromatic heterocycles. The van der Waals surface area contributed by atoms with Gasteiger partial charge in [0, 0.05) is 7.05 Å². The first-order valence-corrected chi connectivity index (χ1v) is 8.47. The first-order chi connectivity index (χ1) is 9.97. The Morgan fingerprint density at radius 1 is 0.826 bits per heavy atom. The standard InChI is InChI=1S/C9H21N3O.2ClHO4/c1-10-9(13)8(6-11(2)3)7-12(4)5;2*2-1(3,4)5/h8H,6-7H2,1-5H3,(H,10,13);2*(H,2,3,4,5). The van der Waals surface area contributed by atoms with Gasteiger partial charge < -0.3 is 15.1 Å². The smallest absolute Gasteiger partial charge is 0.234 e. The van der Waals surface area contributed by atoms with Gasteiger partial charge in [-0.25, -0.2) is 37.3 Å². The third-order valence-electron chi connectivity index (χ3n) is 1.93. The molecule has 3 N–H and O–H groups in total. The van der Waals surface area contributed by atoms with Gasteiger partial charge in [-0.2, -0.15) is 0 Å². The second-order valence-corrected chi connectivity index (χ2v) is 6.40. The van der Waals surface area contributed by atoms with Crippen molar-refractivity contribution in [1.29, 1.82) is 0 Å². The molecular formula is C9H23Cl2N3O9. The van der Waals surface area contributed by atoms with E-state index in [2.05, 4.69) is 33.5 Å². The summed E-state index contributed by atoms with van der Waals surface area (Å²) in [5, 5.41) is 2.71. The molecule has 0 unspecified atom stereocenters. The summed E-state index contributed by atoms with van der Waals surface area (Å²) in [5.41, 5.74) is 0. The minimum atomic E-state index is -4.94. The zero-order valence-electron chi connectivity index (χ0n) is 13.4. The summed E-state index contributed by atoms with van der Waals surface area (Å²) < 4.78 is 67.9. The second-order valence-electron chi connectivity index (χ2n) is 4.89. The lowest BCUT2D eigenvalue weighted by Crippen LogP contribution is -3.10. The highest BCUT2D eigenvalue weighted by Gasteiger charge is 2.23. The highest BCUT2D eigenvalue weighted by atomic mass is 35.7. The minimum absolute atomic E-state index is 0.125. The maximum absolute atomic E-state index is 11.4. The molecule has 0 fully saturated rings. The summed E-state index contributed by atoms with van der Waals surface area (Å²) in [6.45, 7) is 1.79. The van der Waals surface area contributed by atoms with Gasteiger partial charge in [0.1, 0.15) is 5.92 Å². The van der Waals surface area contributed by atoms with E-state index >= 15 is 0 Å². The highest BCUT2D eigenvalue weighted by molar-refractivity contribution is 5.78. The van der Waals surface area contributed by atoms with E-state index in [9.17, 15) is 4.79 Å². The van der Waals surface area contributed by atoms with Gasteiger partial charge in [-0.05, 0) is 0 Å². The van der Waals surface area contributed by atoms with Crippen LogP contribution in [0, 0.1) is 26.4 Å². The fourth-order valence-corrected chi connectivity index (χ4v) is 1.45. The molecule has 0 aliphatic heterocycles. The SMILES string of the molecule is CNC(=O)C(C[NH+](C)C)C[NH+](C)C.[O-][Cl+3]([O-])([O-])[O-].[O-][Cl+3]([O-])([O-])[O-]. The number of carbonyl (C=O) groups is 1. The van der Waals surface area contributed by atoms with Crippen LogP contribution in [-0.4, -0.2) is 54.2 Å². The summed E-state index contributed by atoms with van der Waals surface area (Å²) in [7, 11) is 0.0923. The lowest BCUT2D eigenvalue weighted by atomic mass is 10.1. The summed E-state index contributed by atoms with van der Waals surface area (Å²) in [6, 6.07) is 0. The van der Waals surface area contributed by atoms with Gasteiger partial charge in [0.2, 0.25) is 5.91 Å². The van der Waals surface area contributed by atoms with E-state index in [1.807, 2.05) is 0 Å². The van der Waals surface area contributed by atoms with Gasteiger partial charge in [0.15, 0.2) is 0 Å². The Hall–Kier alpha value is -0.350. The van der Waals surface area contributed by atoms with Crippen molar-refractivity contribution in [2.45, 2.75) is 0 Å². The Bertz CT molecular complexity index is 274. The van der Waals surface area contributed by atoms with Gasteiger partial charge in [-0.3, -0.25) is 4.79 Å². The van der Waals surface area contributed by atoms with E-state index in [1.165, 1.54) is 9.80 Å². The van der Waals surface area contributed by atoms with Crippen LogP contribution >= 0.6 is 0 Å². The first-order valence-electron chi connectivity index (χ1n) is 6.00. The van der Waals surface area contributed by atoms with Crippen LogP contribution in [0.4, 0.5) is 0 Å². The molecule has 1 amide bonds. The molecule has 12 nitrogen and oxygen atoms in total. The Labute approximate surface area is 138 Å². The van der Waals surface area contributed by atoms with E-state index in [0.29, 0.717) is 0 Å². The van der Waals surface area contributed by atoms with Crippen molar-refractivity contribution in [1.82, 2.24) is 5.32 Å². The number of hydrogen-bond donors (Lipinski definition) is 3. The maximum atomic E-state index is 11.4. The van der Waals surface area contributed by atoms with E-state index in [0.717, 1.165) is 13.1 Å². The van der Waals surface area contributed by atoms with Crippen LogP contribution < -0.4 is 52.4 Å². The molecule has 0 heterocycles. The predicted molar refractivity (Wildman–Crippen MR) is 52.9 cm³/mol. The van der Waals surface area contributed by atoms with E-state index < -0.39 is 20.5 Å².